The third kappa shape index (κ3) is 3.73. The number of hydrogen-bond acceptors (Lipinski definition) is 7. The topological polar surface area (TPSA) is 93.0 Å². The fourth-order valence-electron chi connectivity index (χ4n) is 2.92. The quantitative estimate of drug-likeness (QED) is 0.442. The molecule has 0 radical (unpaired) electrons. The molecule has 1 aromatic carbocycles. The van der Waals surface area contributed by atoms with E-state index in [-0.39, 0.29) is 16.8 Å². The summed E-state index contributed by atoms with van der Waals surface area (Å²) >= 11 is 0.872. The molecule has 0 spiro atoms. The predicted octanol–water partition coefficient (Wildman–Crippen LogP) is 2.88. The van der Waals surface area contributed by atoms with Crippen molar-refractivity contribution in [2.75, 3.05) is 37.7 Å². The van der Waals surface area contributed by atoms with Gasteiger partial charge in [0.15, 0.2) is 0 Å². The van der Waals surface area contributed by atoms with Gasteiger partial charge in [-0.2, -0.15) is 0 Å². The summed E-state index contributed by atoms with van der Waals surface area (Å²) in [4.78, 5) is 38.7. The summed E-state index contributed by atoms with van der Waals surface area (Å²) in [5.41, 5.74) is 1.30. The van der Waals surface area contributed by atoms with Gasteiger partial charge >= 0.3 is 0 Å². The molecule has 1 aromatic rings. The van der Waals surface area contributed by atoms with E-state index in [1.165, 1.54) is 17.0 Å². The lowest BCUT2D eigenvalue weighted by molar-refractivity contribution is -0.384. The lowest BCUT2D eigenvalue weighted by Crippen LogP contribution is -2.36. The number of nitro groups is 1. The third-order valence-electron chi connectivity index (χ3n) is 4.18. The molecule has 3 rings (SSSR count). The number of imide groups is 1. The van der Waals surface area contributed by atoms with Crippen molar-refractivity contribution in [2.24, 2.45) is 0 Å². The summed E-state index contributed by atoms with van der Waals surface area (Å²) in [6.07, 6.45) is 2.26. The minimum absolute atomic E-state index is 0.0546. The van der Waals surface area contributed by atoms with Gasteiger partial charge in [-0.05, 0) is 30.3 Å². The predicted molar refractivity (Wildman–Crippen MR) is 99.1 cm³/mol. The summed E-state index contributed by atoms with van der Waals surface area (Å²) in [5, 5.41) is 10.8. The van der Waals surface area contributed by atoms with Gasteiger partial charge in [-0.1, -0.05) is 6.92 Å². The number of carbonyl (C=O) groups is 2. The summed E-state index contributed by atoms with van der Waals surface area (Å²) in [6, 6.07) is 4.58. The van der Waals surface area contributed by atoms with Crippen molar-refractivity contribution in [3.63, 3.8) is 0 Å². The molecule has 2 amide bonds. The number of carbonyl (C=O) groups excluding carboxylic acids is 2. The van der Waals surface area contributed by atoms with Gasteiger partial charge in [0.25, 0.3) is 16.8 Å². The van der Waals surface area contributed by atoms with Crippen LogP contribution in [0.3, 0.4) is 0 Å². The van der Waals surface area contributed by atoms with E-state index in [2.05, 4.69) is 4.90 Å². The highest BCUT2D eigenvalue weighted by atomic mass is 32.2. The molecule has 2 heterocycles. The van der Waals surface area contributed by atoms with Crippen LogP contribution in [0, 0.1) is 10.1 Å². The summed E-state index contributed by atoms with van der Waals surface area (Å²) in [7, 11) is 0. The number of hydrogen-bond donors (Lipinski definition) is 0. The van der Waals surface area contributed by atoms with Crippen LogP contribution in [-0.4, -0.2) is 53.8 Å². The van der Waals surface area contributed by atoms with Gasteiger partial charge in [0.05, 0.1) is 23.0 Å². The minimum atomic E-state index is -0.469. The molecule has 2 aliphatic rings. The number of non-ortho nitro benzene ring substituents is 1. The Balaban J connectivity index is 1.99. The van der Waals surface area contributed by atoms with Crippen LogP contribution in [0.5, 0.6) is 0 Å². The van der Waals surface area contributed by atoms with Crippen LogP contribution in [0.4, 0.5) is 16.2 Å². The molecule has 9 heteroatoms. The Morgan fingerprint density at radius 1 is 1.31 bits per heavy atom. The Labute approximate surface area is 154 Å². The van der Waals surface area contributed by atoms with Crippen LogP contribution in [0.15, 0.2) is 23.1 Å². The maximum Gasteiger partial charge on any atom is 0.293 e. The Morgan fingerprint density at radius 2 is 2.04 bits per heavy atom. The zero-order valence-corrected chi connectivity index (χ0v) is 15.2. The van der Waals surface area contributed by atoms with E-state index in [9.17, 15) is 19.7 Å². The van der Waals surface area contributed by atoms with Gasteiger partial charge < -0.3 is 9.64 Å². The first kappa shape index (κ1) is 18.4. The first-order valence-corrected chi connectivity index (χ1v) is 9.19. The van der Waals surface area contributed by atoms with Gasteiger partial charge in [0, 0.05) is 43.0 Å². The fraction of sp³-hybridized carbons (Fsp3) is 0.412. The number of nitro benzene ring substituents is 1. The zero-order valence-electron chi connectivity index (χ0n) is 14.3. The molecule has 0 unspecified atom stereocenters. The van der Waals surface area contributed by atoms with Gasteiger partial charge in [0.2, 0.25) is 0 Å². The molecule has 0 saturated carbocycles. The van der Waals surface area contributed by atoms with E-state index >= 15 is 0 Å². The number of ether oxygens (including phenoxy) is 1. The van der Waals surface area contributed by atoms with Gasteiger partial charge in [-0.3, -0.25) is 24.6 Å². The monoisotopic (exact) mass is 377 g/mol. The van der Waals surface area contributed by atoms with Crippen molar-refractivity contribution < 1.29 is 19.2 Å². The van der Waals surface area contributed by atoms with E-state index in [1.807, 2.05) is 6.92 Å². The molecule has 26 heavy (non-hydrogen) atoms. The van der Waals surface area contributed by atoms with Crippen LogP contribution in [0.1, 0.15) is 18.9 Å². The maximum absolute atomic E-state index is 12.5. The molecular formula is C17H19N3O5S. The highest BCUT2D eigenvalue weighted by molar-refractivity contribution is 8.18. The van der Waals surface area contributed by atoms with E-state index in [1.54, 1.807) is 12.1 Å². The van der Waals surface area contributed by atoms with Crippen molar-refractivity contribution in [1.82, 2.24) is 4.90 Å². The SMILES string of the molecule is CCCN1C(=O)S/C(=C\c2cc([N+](=O)[O-])ccc2N2CCOCC2)C1=O. The molecule has 2 fully saturated rings. The largest absolute Gasteiger partial charge is 0.378 e. The molecular weight excluding hydrogens is 358 g/mol. The number of morpholine rings is 1. The second-order valence-corrected chi connectivity index (χ2v) is 6.93. The number of rotatable bonds is 5. The summed E-state index contributed by atoms with van der Waals surface area (Å²) < 4.78 is 5.35. The molecule has 2 aliphatic heterocycles. The van der Waals surface area contributed by atoms with Crippen LogP contribution < -0.4 is 4.90 Å². The Bertz CT molecular complexity index is 774. The van der Waals surface area contributed by atoms with E-state index in [0.717, 1.165) is 17.4 Å². The first-order chi connectivity index (χ1) is 12.5. The highest BCUT2D eigenvalue weighted by Crippen LogP contribution is 2.35. The minimum Gasteiger partial charge on any atom is -0.378 e. The van der Waals surface area contributed by atoms with Gasteiger partial charge in [-0.15, -0.1) is 0 Å². The summed E-state index contributed by atoms with van der Waals surface area (Å²) in [6.45, 7) is 4.73. The number of nitrogens with zero attached hydrogens (tertiary/aromatic N) is 3. The van der Waals surface area contributed by atoms with Crippen molar-refractivity contribution in [3.05, 3.63) is 38.8 Å². The van der Waals surface area contributed by atoms with E-state index in [0.29, 0.717) is 49.7 Å². The lowest BCUT2D eigenvalue weighted by Gasteiger charge is -2.30. The number of anilines is 1. The Hall–Kier alpha value is -2.39. The second kappa shape index (κ2) is 7.88. The van der Waals surface area contributed by atoms with Crippen molar-refractivity contribution in [2.45, 2.75) is 13.3 Å². The van der Waals surface area contributed by atoms with Crippen molar-refractivity contribution in [3.8, 4) is 0 Å². The van der Waals surface area contributed by atoms with Crippen molar-refractivity contribution >= 4 is 40.4 Å². The molecule has 0 aliphatic carbocycles. The average molecular weight is 377 g/mol. The Morgan fingerprint density at radius 3 is 2.69 bits per heavy atom. The standard InChI is InChI=1S/C17H19N3O5S/c1-2-5-19-16(21)15(26-17(19)22)11-12-10-13(20(23)24)3-4-14(12)18-6-8-25-9-7-18/h3-4,10-11H,2,5-9H2,1H3/b15-11-. The second-order valence-electron chi connectivity index (χ2n) is 5.93. The molecule has 0 aromatic heterocycles. The first-order valence-electron chi connectivity index (χ1n) is 8.37. The molecule has 2 saturated heterocycles. The molecule has 0 N–H and O–H groups in total. The zero-order chi connectivity index (χ0) is 18.7. The van der Waals surface area contributed by atoms with Gasteiger partial charge in [-0.25, -0.2) is 0 Å². The number of thioether (sulfide) groups is 1. The number of amides is 2. The normalized spacial score (nSPS) is 19.5. The van der Waals surface area contributed by atoms with E-state index in [4.69, 9.17) is 4.74 Å². The Kier molecular flexibility index (Phi) is 5.58. The van der Waals surface area contributed by atoms with Crippen molar-refractivity contribution in [1.29, 1.82) is 0 Å². The molecule has 138 valence electrons. The lowest BCUT2D eigenvalue weighted by atomic mass is 10.1. The molecule has 0 atom stereocenters. The average Bonchev–Trinajstić information content (AvgIpc) is 2.90. The highest BCUT2D eigenvalue weighted by Gasteiger charge is 2.34. The molecule has 0 bridgehead atoms. The smallest absolute Gasteiger partial charge is 0.293 e. The molecule has 8 nitrogen and oxygen atoms in total. The third-order valence-corrected chi connectivity index (χ3v) is 5.09. The van der Waals surface area contributed by atoms with Crippen LogP contribution in [0.2, 0.25) is 0 Å². The maximum atomic E-state index is 12.5. The van der Waals surface area contributed by atoms with E-state index < -0.39 is 4.92 Å². The number of benzene rings is 1. The van der Waals surface area contributed by atoms with Crippen LogP contribution >= 0.6 is 11.8 Å². The van der Waals surface area contributed by atoms with Crippen LogP contribution in [0.25, 0.3) is 6.08 Å². The summed E-state index contributed by atoms with van der Waals surface area (Å²) in [5.74, 6) is -0.346. The fourth-order valence-corrected chi connectivity index (χ4v) is 3.78. The van der Waals surface area contributed by atoms with Crippen LogP contribution in [-0.2, 0) is 9.53 Å². The van der Waals surface area contributed by atoms with Gasteiger partial charge in [0.1, 0.15) is 0 Å².